The highest BCUT2D eigenvalue weighted by Gasteiger charge is 2.45. The summed E-state index contributed by atoms with van der Waals surface area (Å²) in [4.78, 5) is 13.2. The van der Waals surface area contributed by atoms with Gasteiger partial charge in [0.2, 0.25) is 6.41 Å². The van der Waals surface area contributed by atoms with Gasteiger partial charge in [0.15, 0.2) is 9.84 Å². The van der Waals surface area contributed by atoms with E-state index in [0.29, 0.717) is 12.2 Å². The average molecular weight is 302 g/mol. The number of carbonyl (C=O) groups excluding carboxylic acids is 1. The molecule has 2 saturated heterocycles. The summed E-state index contributed by atoms with van der Waals surface area (Å²) in [6.07, 6.45) is 3.35. The maximum Gasteiger partial charge on any atom is 0.210 e. The molecule has 0 aromatic carbocycles. The Hall–Kier alpha value is -0.620. The Bertz CT molecular complexity index is 467. The third-order valence-electron chi connectivity index (χ3n) is 4.61. The summed E-state index contributed by atoms with van der Waals surface area (Å²) >= 11 is 0. The van der Waals surface area contributed by atoms with Crippen molar-refractivity contribution < 1.29 is 13.2 Å². The molecular weight excluding hydrogens is 276 g/mol. The Balaban J connectivity index is 2.06. The molecule has 20 heavy (non-hydrogen) atoms. The van der Waals surface area contributed by atoms with Crippen LogP contribution in [0.5, 0.6) is 0 Å². The molecule has 2 rings (SSSR count). The summed E-state index contributed by atoms with van der Waals surface area (Å²) in [7, 11) is -2.85. The Morgan fingerprint density at radius 2 is 1.65 bits per heavy atom. The number of piperidine rings is 1. The fourth-order valence-electron chi connectivity index (χ4n) is 3.96. The van der Waals surface area contributed by atoms with Crippen LogP contribution in [0.25, 0.3) is 0 Å². The van der Waals surface area contributed by atoms with Crippen LogP contribution in [-0.4, -0.2) is 54.4 Å². The van der Waals surface area contributed by atoms with E-state index in [1.807, 2.05) is 4.90 Å². The predicted octanol–water partition coefficient (Wildman–Crippen LogP) is 0.941. The minimum absolute atomic E-state index is 0.0689. The zero-order chi connectivity index (χ0) is 15.2. The largest absolute Gasteiger partial charge is 0.335 e. The summed E-state index contributed by atoms with van der Waals surface area (Å²) in [6, 6.07) is 0.328. The zero-order valence-electron chi connectivity index (χ0n) is 12.8. The van der Waals surface area contributed by atoms with Crippen molar-refractivity contribution in [3.8, 4) is 0 Å². The highest BCUT2D eigenvalue weighted by atomic mass is 32.2. The minimum Gasteiger partial charge on any atom is -0.335 e. The van der Waals surface area contributed by atoms with Gasteiger partial charge in [-0.05, 0) is 47.0 Å². The van der Waals surface area contributed by atoms with Crippen molar-refractivity contribution in [2.24, 2.45) is 0 Å². The van der Waals surface area contributed by atoms with E-state index in [1.54, 1.807) is 0 Å². The summed E-state index contributed by atoms with van der Waals surface area (Å²) in [6.45, 7) is 8.29. The third kappa shape index (κ3) is 3.17. The summed E-state index contributed by atoms with van der Waals surface area (Å²) in [5, 5.41) is 3.51. The molecule has 0 aliphatic carbocycles. The van der Waals surface area contributed by atoms with E-state index in [1.165, 1.54) is 0 Å². The molecule has 1 N–H and O–H groups in total. The van der Waals surface area contributed by atoms with Crippen LogP contribution < -0.4 is 5.32 Å². The topological polar surface area (TPSA) is 66.5 Å². The second-order valence-electron chi connectivity index (χ2n) is 7.47. The molecule has 0 aromatic rings. The van der Waals surface area contributed by atoms with Gasteiger partial charge in [0, 0.05) is 23.2 Å². The molecule has 2 heterocycles. The molecule has 2 fully saturated rings. The van der Waals surface area contributed by atoms with E-state index in [0.717, 1.165) is 19.3 Å². The van der Waals surface area contributed by atoms with Gasteiger partial charge in [-0.15, -0.1) is 0 Å². The van der Waals surface area contributed by atoms with E-state index in [-0.39, 0.29) is 28.9 Å². The van der Waals surface area contributed by atoms with Crippen LogP contribution in [0.1, 0.15) is 47.0 Å². The number of amides is 1. The van der Waals surface area contributed by atoms with Crippen LogP contribution >= 0.6 is 0 Å². The maximum atomic E-state index is 11.5. The standard InChI is InChI=1S/C14H26N2O3S/c1-13(2)7-12(8-14(3,4)16(13)10-17)15-11-5-6-20(18,19)9-11/h10-12,15H,5-9H2,1-4H3/t11-/m0/s1. The molecule has 0 spiro atoms. The number of carbonyl (C=O) groups is 1. The number of likely N-dealkylation sites (tertiary alicyclic amines) is 1. The second-order valence-corrected chi connectivity index (χ2v) is 9.70. The molecule has 6 heteroatoms. The zero-order valence-corrected chi connectivity index (χ0v) is 13.7. The van der Waals surface area contributed by atoms with E-state index < -0.39 is 9.84 Å². The predicted molar refractivity (Wildman–Crippen MR) is 79.3 cm³/mol. The monoisotopic (exact) mass is 302 g/mol. The molecule has 0 radical (unpaired) electrons. The van der Waals surface area contributed by atoms with Gasteiger partial charge in [-0.25, -0.2) is 8.42 Å². The molecule has 0 bridgehead atoms. The Morgan fingerprint density at radius 1 is 1.10 bits per heavy atom. The highest BCUT2D eigenvalue weighted by molar-refractivity contribution is 7.91. The molecular formula is C14H26N2O3S. The van der Waals surface area contributed by atoms with Crippen molar-refractivity contribution >= 4 is 16.2 Å². The average Bonchev–Trinajstić information content (AvgIpc) is 2.54. The number of rotatable bonds is 3. The lowest BCUT2D eigenvalue weighted by Crippen LogP contribution is -2.64. The van der Waals surface area contributed by atoms with Crippen LogP contribution in [0, 0.1) is 0 Å². The first-order valence-electron chi connectivity index (χ1n) is 7.27. The lowest BCUT2D eigenvalue weighted by atomic mass is 9.77. The molecule has 1 amide bonds. The van der Waals surface area contributed by atoms with E-state index in [2.05, 4.69) is 33.0 Å². The Kier molecular flexibility index (Phi) is 3.93. The fraction of sp³-hybridized carbons (Fsp3) is 0.929. The van der Waals surface area contributed by atoms with Gasteiger partial charge < -0.3 is 10.2 Å². The third-order valence-corrected chi connectivity index (χ3v) is 6.37. The Labute approximate surface area is 122 Å². The van der Waals surface area contributed by atoms with Crippen molar-refractivity contribution in [1.82, 2.24) is 10.2 Å². The molecule has 2 aliphatic rings. The van der Waals surface area contributed by atoms with Crippen LogP contribution in [0.3, 0.4) is 0 Å². The minimum atomic E-state index is -2.85. The molecule has 0 saturated carbocycles. The molecule has 0 aromatic heterocycles. The van der Waals surface area contributed by atoms with E-state index in [4.69, 9.17) is 0 Å². The first-order valence-corrected chi connectivity index (χ1v) is 9.09. The van der Waals surface area contributed by atoms with Crippen molar-refractivity contribution in [1.29, 1.82) is 0 Å². The summed E-state index contributed by atoms with van der Waals surface area (Å²) in [5.41, 5.74) is -0.419. The van der Waals surface area contributed by atoms with Crippen molar-refractivity contribution in [3.05, 3.63) is 0 Å². The van der Waals surface area contributed by atoms with Crippen LogP contribution in [0.4, 0.5) is 0 Å². The van der Waals surface area contributed by atoms with Gasteiger partial charge in [-0.2, -0.15) is 0 Å². The van der Waals surface area contributed by atoms with Crippen molar-refractivity contribution in [2.75, 3.05) is 11.5 Å². The second kappa shape index (κ2) is 4.98. The lowest BCUT2D eigenvalue weighted by Gasteiger charge is -2.54. The lowest BCUT2D eigenvalue weighted by molar-refractivity contribution is -0.135. The first-order chi connectivity index (χ1) is 9.06. The number of hydrogen-bond donors (Lipinski definition) is 1. The van der Waals surface area contributed by atoms with Crippen LogP contribution in [-0.2, 0) is 14.6 Å². The number of sulfone groups is 1. The normalized spacial score (nSPS) is 32.2. The number of hydrogen-bond acceptors (Lipinski definition) is 4. The Morgan fingerprint density at radius 3 is 2.05 bits per heavy atom. The van der Waals surface area contributed by atoms with Gasteiger partial charge in [0.05, 0.1) is 11.5 Å². The van der Waals surface area contributed by atoms with Gasteiger partial charge in [0.25, 0.3) is 0 Å². The molecule has 2 aliphatic heterocycles. The van der Waals surface area contributed by atoms with Crippen molar-refractivity contribution in [3.63, 3.8) is 0 Å². The molecule has 5 nitrogen and oxygen atoms in total. The van der Waals surface area contributed by atoms with E-state index >= 15 is 0 Å². The van der Waals surface area contributed by atoms with Gasteiger partial charge >= 0.3 is 0 Å². The molecule has 116 valence electrons. The molecule has 1 atom stereocenters. The number of nitrogens with zero attached hydrogens (tertiary/aromatic N) is 1. The SMILES string of the molecule is CC1(C)CC(N[C@H]2CCS(=O)(=O)C2)CC(C)(C)N1C=O. The van der Waals surface area contributed by atoms with Gasteiger partial charge in [-0.1, -0.05) is 0 Å². The van der Waals surface area contributed by atoms with Gasteiger partial charge in [0.1, 0.15) is 0 Å². The van der Waals surface area contributed by atoms with Crippen LogP contribution in [0.2, 0.25) is 0 Å². The quantitative estimate of drug-likeness (QED) is 0.788. The maximum absolute atomic E-state index is 11.5. The number of nitrogens with one attached hydrogen (secondary N) is 1. The van der Waals surface area contributed by atoms with E-state index in [9.17, 15) is 13.2 Å². The fourth-order valence-corrected chi connectivity index (χ4v) is 5.64. The summed E-state index contributed by atoms with van der Waals surface area (Å²) < 4.78 is 23.1. The van der Waals surface area contributed by atoms with Gasteiger partial charge in [-0.3, -0.25) is 4.79 Å². The first kappa shape index (κ1) is 15.8. The highest BCUT2D eigenvalue weighted by Crippen LogP contribution is 2.37. The smallest absolute Gasteiger partial charge is 0.210 e. The summed E-state index contributed by atoms with van der Waals surface area (Å²) in [5.74, 6) is 0.548. The van der Waals surface area contributed by atoms with Crippen LogP contribution in [0.15, 0.2) is 0 Å². The molecule has 0 unspecified atom stereocenters. The van der Waals surface area contributed by atoms with Crippen molar-refractivity contribution in [2.45, 2.75) is 70.1 Å².